The van der Waals surface area contributed by atoms with Crippen molar-refractivity contribution in [1.29, 1.82) is 0 Å². The first-order valence-corrected chi connectivity index (χ1v) is 9.59. The van der Waals surface area contributed by atoms with Crippen LogP contribution in [0.3, 0.4) is 0 Å². The van der Waals surface area contributed by atoms with E-state index in [0.717, 1.165) is 25.7 Å². The molecule has 1 saturated carbocycles. The highest BCUT2D eigenvalue weighted by Crippen LogP contribution is 2.34. The lowest BCUT2D eigenvalue weighted by atomic mass is 10.1. The fraction of sp³-hybridized carbons (Fsp3) is 0.350. The average molecular weight is 423 g/mol. The molecule has 2 heterocycles. The molecule has 0 aliphatic heterocycles. The first kappa shape index (κ1) is 20.4. The standard InChI is InChI=1S/C20H20Cl2N2O4/c1-26-19-11-24-17(8-18(19)28-12-5-3-4-6-12)14(20(25)27-2)7-13-15(21)9-23-10-16(13)22/h7-12H,3-6H2,1-2H3. The van der Waals surface area contributed by atoms with Gasteiger partial charge in [0.2, 0.25) is 0 Å². The number of aromatic nitrogens is 2. The van der Waals surface area contributed by atoms with Gasteiger partial charge in [-0.2, -0.15) is 0 Å². The van der Waals surface area contributed by atoms with Gasteiger partial charge < -0.3 is 14.2 Å². The second-order valence-electron chi connectivity index (χ2n) is 6.31. The molecule has 0 amide bonds. The molecule has 0 unspecified atom stereocenters. The van der Waals surface area contributed by atoms with Gasteiger partial charge in [0, 0.05) is 24.0 Å². The smallest absolute Gasteiger partial charge is 0.340 e. The summed E-state index contributed by atoms with van der Waals surface area (Å²) in [5, 5.41) is 0.620. The molecular weight excluding hydrogens is 403 g/mol. The first-order chi connectivity index (χ1) is 13.5. The Balaban J connectivity index is 2.05. The maximum atomic E-state index is 12.4. The third-order valence-electron chi connectivity index (χ3n) is 4.51. The Morgan fingerprint density at radius 1 is 1.11 bits per heavy atom. The normalized spacial score (nSPS) is 14.8. The van der Waals surface area contributed by atoms with E-state index in [1.807, 2.05) is 0 Å². The van der Waals surface area contributed by atoms with Gasteiger partial charge in [-0.05, 0) is 31.8 Å². The van der Waals surface area contributed by atoms with Crippen LogP contribution >= 0.6 is 23.2 Å². The molecule has 28 heavy (non-hydrogen) atoms. The average Bonchev–Trinajstić information content (AvgIpc) is 3.20. The predicted octanol–water partition coefficient (Wildman–Crippen LogP) is 4.83. The minimum atomic E-state index is -0.576. The molecule has 0 spiro atoms. The number of methoxy groups -OCH3 is 2. The Morgan fingerprint density at radius 2 is 1.79 bits per heavy atom. The third-order valence-corrected chi connectivity index (χ3v) is 5.11. The van der Waals surface area contributed by atoms with Crippen molar-refractivity contribution in [2.24, 2.45) is 0 Å². The Hall–Kier alpha value is -2.31. The minimum Gasteiger partial charge on any atom is -0.491 e. The number of nitrogens with zero attached hydrogens (tertiary/aromatic N) is 2. The fourth-order valence-corrected chi connectivity index (χ4v) is 3.53. The molecule has 8 heteroatoms. The summed E-state index contributed by atoms with van der Waals surface area (Å²) >= 11 is 12.4. The van der Waals surface area contributed by atoms with Crippen LogP contribution in [0.4, 0.5) is 0 Å². The van der Waals surface area contributed by atoms with Crippen molar-refractivity contribution in [2.45, 2.75) is 31.8 Å². The summed E-state index contributed by atoms with van der Waals surface area (Å²) in [7, 11) is 2.84. The first-order valence-electron chi connectivity index (χ1n) is 8.83. The van der Waals surface area contributed by atoms with E-state index in [-0.39, 0.29) is 11.7 Å². The van der Waals surface area contributed by atoms with E-state index < -0.39 is 5.97 Å². The number of rotatable bonds is 6. The maximum Gasteiger partial charge on any atom is 0.340 e. The van der Waals surface area contributed by atoms with Gasteiger partial charge in [0.25, 0.3) is 0 Å². The van der Waals surface area contributed by atoms with Crippen LogP contribution in [0.5, 0.6) is 11.5 Å². The summed E-state index contributed by atoms with van der Waals surface area (Å²) in [5.74, 6) is 0.453. The molecule has 0 N–H and O–H groups in total. The number of carbonyl (C=O) groups excluding carboxylic acids is 1. The van der Waals surface area contributed by atoms with Gasteiger partial charge in [-0.3, -0.25) is 9.97 Å². The summed E-state index contributed by atoms with van der Waals surface area (Å²) in [6, 6.07) is 1.67. The topological polar surface area (TPSA) is 70.5 Å². The Kier molecular flexibility index (Phi) is 6.75. The van der Waals surface area contributed by atoms with Crippen LogP contribution < -0.4 is 9.47 Å². The second-order valence-corrected chi connectivity index (χ2v) is 7.13. The molecule has 3 rings (SSSR count). The monoisotopic (exact) mass is 422 g/mol. The SMILES string of the molecule is COC(=O)C(=Cc1c(Cl)cncc1Cl)c1cc(OC2CCCC2)c(OC)cn1. The number of hydrogen-bond donors (Lipinski definition) is 0. The van der Waals surface area contributed by atoms with E-state index in [1.54, 1.807) is 13.2 Å². The Morgan fingerprint density at radius 3 is 2.39 bits per heavy atom. The van der Waals surface area contributed by atoms with Crippen molar-refractivity contribution in [3.63, 3.8) is 0 Å². The molecule has 1 aliphatic rings. The van der Waals surface area contributed by atoms with Crippen molar-refractivity contribution in [2.75, 3.05) is 14.2 Å². The fourth-order valence-electron chi connectivity index (χ4n) is 3.05. The van der Waals surface area contributed by atoms with E-state index in [0.29, 0.717) is 32.8 Å². The summed E-state index contributed by atoms with van der Waals surface area (Å²) in [6.07, 6.45) is 10.3. The Bertz CT molecular complexity index is 876. The van der Waals surface area contributed by atoms with Crippen LogP contribution in [0.25, 0.3) is 11.6 Å². The minimum absolute atomic E-state index is 0.124. The second kappa shape index (κ2) is 9.26. The van der Waals surface area contributed by atoms with Crippen molar-refractivity contribution < 1.29 is 19.0 Å². The molecule has 0 bridgehead atoms. The van der Waals surface area contributed by atoms with Gasteiger partial charge in [-0.1, -0.05) is 23.2 Å². The lowest BCUT2D eigenvalue weighted by Gasteiger charge is -2.17. The van der Waals surface area contributed by atoms with E-state index in [2.05, 4.69) is 9.97 Å². The number of hydrogen-bond acceptors (Lipinski definition) is 6. The van der Waals surface area contributed by atoms with Crippen molar-refractivity contribution in [1.82, 2.24) is 9.97 Å². The predicted molar refractivity (Wildman–Crippen MR) is 108 cm³/mol. The van der Waals surface area contributed by atoms with Gasteiger partial charge in [-0.15, -0.1) is 0 Å². The van der Waals surface area contributed by atoms with Gasteiger partial charge in [-0.25, -0.2) is 4.79 Å². The number of esters is 1. The number of halogens is 2. The molecule has 6 nitrogen and oxygen atoms in total. The van der Waals surface area contributed by atoms with E-state index in [4.69, 9.17) is 37.4 Å². The summed E-state index contributed by atoms with van der Waals surface area (Å²) in [6.45, 7) is 0. The van der Waals surface area contributed by atoms with E-state index in [1.165, 1.54) is 31.8 Å². The molecule has 2 aromatic heterocycles. The van der Waals surface area contributed by atoms with Crippen molar-refractivity contribution in [3.8, 4) is 11.5 Å². The van der Waals surface area contributed by atoms with Gasteiger partial charge in [0.1, 0.15) is 0 Å². The van der Waals surface area contributed by atoms with Crippen molar-refractivity contribution >= 4 is 40.8 Å². The molecule has 1 aliphatic carbocycles. The quantitative estimate of drug-likeness (QED) is 0.490. The van der Waals surface area contributed by atoms with Crippen LogP contribution in [0, 0.1) is 0 Å². The van der Waals surface area contributed by atoms with Crippen LogP contribution in [0.1, 0.15) is 36.9 Å². The van der Waals surface area contributed by atoms with E-state index >= 15 is 0 Å². The zero-order valence-electron chi connectivity index (χ0n) is 15.6. The van der Waals surface area contributed by atoms with Gasteiger partial charge in [0.05, 0.1) is 47.8 Å². The number of carbonyl (C=O) groups is 1. The molecule has 148 valence electrons. The highest BCUT2D eigenvalue weighted by Gasteiger charge is 2.22. The highest BCUT2D eigenvalue weighted by atomic mass is 35.5. The largest absolute Gasteiger partial charge is 0.491 e. The summed E-state index contributed by atoms with van der Waals surface area (Å²) in [4.78, 5) is 20.7. The van der Waals surface area contributed by atoms with Crippen LogP contribution in [0.2, 0.25) is 10.0 Å². The molecular formula is C20H20Cl2N2O4. The van der Waals surface area contributed by atoms with E-state index in [9.17, 15) is 4.79 Å². The molecule has 0 saturated heterocycles. The van der Waals surface area contributed by atoms with Crippen LogP contribution in [0.15, 0.2) is 24.7 Å². The molecule has 0 radical (unpaired) electrons. The zero-order chi connectivity index (χ0) is 20.1. The molecule has 2 aromatic rings. The van der Waals surface area contributed by atoms with Gasteiger partial charge in [0.15, 0.2) is 11.5 Å². The maximum absolute atomic E-state index is 12.4. The zero-order valence-corrected chi connectivity index (χ0v) is 17.1. The molecule has 0 aromatic carbocycles. The molecule has 1 fully saturated rings. The van der Waals surface area contributed by atoms with Crippen LogP contribution in [-0.2, 0) is 9.53 Å². The third kappa shape index (κ3) is 4.56. The van der Waals surface area contributed by atoms with Gasteiger partial charge >= 0.3 is 5.97 Å². The molecule has 0 atom stereocenters. The lowest BCUT2D eigenvalue weighted by molar-refractivity contribution is -0.133. The highest BCUT2D eigenvalue weighted by molar-refractivity contribution is 6.38. The van der Waals surface area contributed by atoms with Crippen molar-refractivity contribution in [3.05, 3.63) is 46.0 Å². The number of ether oxygens (including phenoxy) is 3. The number of pyridine rings is 2. The summed E-state index contributed by atoms with van der Waals surface area (Å²) in [5.41, 5.74) is 1.01. The summed E-state index contributed by atoms with van der Waals surface area (Å²) < 4.78 is 16.4. The Labute approximate surface area is 173 Å². The lowest BCUT2D eigenvalue weighted by Crippen LogP contribution is -2.13. The van der Waals surface area contributed by atoms with Crippen LogP contribution in [-0.4, -0.2) is 36.3 Å².